The Morgan fingerprint density at radius 2 is 2.15 bits per heavy atom. The molecular formula is C11H11ClFN3O3S. The highest BCUT2D eigenvalue weighted by Crippen LogP contribution is 2.26. The molecule has 1 heterocycles. The second-order valence-corrected chi connectivity index (χ2v) is 5.86. The molecule has 0 radical (unpaired) electrons. The number of aromatic nitrogens is 2. The number of anilines is 1. The van der Waals surface area contributed by atoms with Crippen molar-refractivity contribution in [1.29, 1.82) is 0 Å². The van der Waals surface area contributed by atoms with Crippen LogP contribution in [0.3, 0.4) is 0 Å². The average molecular weight is 320 g/mol. The van der Waals surface area contributed by atoms with Gasteiger partial charge < -0.3 is 9.30 Å². The van der Waals surface area contributed by atoms with E-state index >= 15 is 0 Å². The molecular weight excluding hydrogens is 309 g/mol. The minimum atomic E-state index is -4.08. The van der Waals surface area contributed by atoms with Gasteiger partial charge >= 0.3 is 0 Å². The summed E-state index contributed by atoms with van der Waals surface area (Å²) >= 11 is 5.82. The molecule has 1 aromatic carbocycles. The van der Waals surface area contributed by atoms with Gasteiger partial charge in [-0.3, -0.25) is 4.72 Å². The number of hydrogen-bond donors (Lipinski definition) is 1. The Balaban J connectivity index is 2.40. The first kappa shape index (κ1) is 14.6. The number of hydrogen-bond acceptors (Lipinski definition) is 4. The van der Waals surface area contributed by atoms with Crippen molar-refractivity contribution in [2.45, 2.75) is 5.03 Å². The normalized spacial score (nSPS) is 11.4. The summed E-state index contributed by atoms with van der Waals surface area (Å²) in [6, 6.07) is 3.70. The van der Waals surface area contributed by atoms with Crippen LogP contribution in [0.15, 0.2) is 29.6 Å². The molecule has 0 fully saturated rings. The van der Waals surface area contributed by atoms with Crippen molar-refractivity contribution < 1.29 is 17.5 Å². The number of sulfonamides is 1. The predicted molar refractivity (Wildman–Crippen MR) is 72.0 cm³/mol. The molecule has 0 spiro atoms. The van der Waals surface area contributed by atoms with Crippen LogP contribution in [0.4, 0.5) is 10.1 Å². The lowest BCUT2D eigenvalue weighted by Gasteiger charge is -2.09. The van der Waals surface area contributed by atoms with Crippen molar-refractivity contribution in [3.05, 3.63) is 35.5 Å². The SMILES string of the molecule is COc1ccc(F)c(NS(=O)(=O)c2ncn(C)c2Cl)c1. The zero-order valence-electron chi connectivity index (χ0n) is 10.6. The summed E-state index contributed by atoms with van der Waals surface area (Å²) in [4.78, 5) is 3.68. The molecule has 0 amide bonds. The maximum atomic E-state index is 13.6. The molecule has 108 valence electrons. The van der Waals surface area contributed by atoms with Gasteiger partial charge in [-0.25, -0.2) is 9.37 Å². The van der Waals surface area contributed by atoms with E-state index in [4.69, 9.17) is 16.3 Å². The van der Waals surface area contributed by atoms with Crippen LogP contribution < -0.4 is 9.46 Å². The summed E-state index contributed by atoms with van der Waals surface area (Å²) in [5.41, 5.74) is -0.244. The molecule has 2 rings (SSSR count). The second kappa shape index (κ2) is 5.29. The number of imidazole rings is 1. The summed E-state index contributed by atoms with van der Waals surface area (Å²) < 4.78 is 46.2. The summed E-state index contributed by atoms with van der Waals surface area (Å²) in [6.45, 7) is 0. The minimum Gasteiger partial charge on any atom is -0.497 e. The molecule has 0 bridgehead atoms. The Morgan fingerprint density at radius 1 is 1.45 bits per heavy atom. The highest BCUT2D eigenvalue weighted by atomic mass is 35.5. The van der Waals surface area contributed by atoms with E-state index in [1.54, 1.807) is 7.05 Å². The first-order valence-electron chi connectivity index (χ1n) is 5.38. The first-order valence-corrected chi connectivity index (χ1v) is 7.24. The molecule has 0 saturated heterocycles. The third-order valence-electron chi connectivity index (χ3n) is 2.51. The fourth-order valence-corrected chi connectivity index (χ4v) is 2.97. The highest BCUT2D eigenvalue weighted by molar-refractivity contribution is 7.92. The van der Waals surface area contributed by atoms with Crippen LogP contribution in [-0.4, -0.2) is 25.1 Å². The van der Waals surface area contributed by atoms with Gasteiger partial charge in [-0.1, -0.05) is 11.6 Å². The molecule has 0 atom stereocenters. The molecule has 2 aromatic rings. The lowest BCUT2D eigenvalue weighted by molar-refractivity contribution is 0.414. The van der Waals surface area contributed by atoms with Gasteiger partial charge in [0.15, 0.2) is 0 Å². The van der Waals surface area contributed by atoms with E-state index in [0.717, 1.165) is 6.07 Å². The van der Waals surface area contributed by atoms with Crippen LogP contribution in [0.25, 0.3) is 0 Å². The smallest absolute Gasteiger partial charge is 0.282 e. The van der Waals surface area contributed by atoms with Gasteiger partial charge in [0.1, 0.15) is 16.7 Å². The van der Waals surface area contributed by atoms with Gasteiger partial charge in [0.2, 0.25) is 5.03 Å². The van der Waals surface area contributed by atoms with Crippen molar-refractivity contribution in [3.63, 3.8) is 0 Å². The molecule has 0 saturated carbocycles. The number of aryl methyl sites for hydroxylation is 1. The number of nitrogens with one attached hydrogen (secondary N) is 1. The van der Waals surface area contributed by atoms with Gasteiger partial charge in [0.25, 0.3) is 10.0 Å². The van der Waals surface area contributed by atoms with E-state index in [0.29, 0.717) is 5.75 Å². The average Bonchev–Trinajstić information content (AvgIpc) is 2.73. The molecule has 0 aliphatic heterocycles. The predicted octanol–water partition coefficient (Wildman–Crippen LogP) is 2.02. The minimum absolute atomic E-state index is 0.0687. The maximum Gasteiger partial charge on any atom is 0.282 e. The monoisotopic (exact) mass is 319 g/mol. The molecule has 9 heteroatoms. The lowest BCUT2D eigenvalue weighted by Crippen LogP contribution is -2.15. The topological polar surface area (TPSA) is 73.2 Å². The fraction of sp³-hybridized carbons (Fsp3) is 0.182. The van der Waals surface area contributed by atoms with E-state index in [1.807, 2.05) is 0 Å². The second-order valence-electron chi connectivity index (χ2n) is 3.90. The Labute approximate surface area is 120 Å². The van der Waals surface area contributed by atoms with Crippen molar-refractivity contribution >= 4 is 27.3 Å². The Kier molecular flexibility index (Phi) is 3.87. The van der Waals surface area contributed by atoms with Crippen molar-refractivity contribution in [2.24, 2.45) is 7.05 Å². The summed E-state index contributed by atoms with van der Waals surface area (Å²) in [7, 11) is -1.15. The van der Waals surface area contributed by atoms with Crippen LogP contribution in [0, 0.1) is 5.82 Å². The van der Waals surface area contributed by atoms with Crippen LogP contribution in [0.1, 0.15) is 0 Å². The molecule has 1 N–H and O–H groups in total. The Morgan fingerprint density at radius 3 is 2.70 bits per heavy atom. The summed E-state index contributed by atoms with van der Waals surface area (Å²) in [5, 5.41) is -0.440. The van der Waals surface area contributed by atoms with Crippen molar-refractivity contribution in [2.75, 3.05) is 11.8 Å². The zero-order valence-corrected chi connectivity index (χ0v) is 12.2. The molecule has 1 aromatic heterocycles. The van der Waals surface area contributed by atoms with Gasteiger partial charge in [-0.2, -0.15) is 8.42 Å². The van der Waals surface area contributed by atoms with Gasteiger partial charge in [0.05, 0.1) is 19.1 Å². The van der Waals surface area contributed by atoms with E-state index in [-0.39, 0.29) is 15.9 Å². The van der Waals surface area contributed by atoms with Crippen LogP contribution in [-0.2, 0) is 17.1 Å². The Bertz CT molecular complexity index is 745. The lowest BCUT2D eigenvalue weighted by atomic mass is 10.3. The van der Waals surface area contributed by atoms with Crippen LogP contribution in [0.2, 0.25) is 5.15 Å². The Hall–Kier alpha value is -1.80. The number of methoxy groups -OCH3 is 1. The van der Waals surface area contributed by atoms with Crippen molar-refractivity contribution in [1.82, 2.24) is 9.55 Å². The molecule has 0 unspecified atom stereocenters. The van der Waals surface area contributed by atoms with Gasteiger partial charge in [-0.15, -0.1) is 0 Å². The van der Waals surface area contributed by atoms with Gasteiger partial charge in [0, 0.05) is 13.1 Å². The largest absolute Gasteiger partial charge is 0.497 e. The van der Waals surface area contributed by atoms with Crippen LogP contribution in [0.5, 0.6) is 5.75 Å². The zero-order chi connectivity index (χ0) is 14.9. The van der Waals surface area contributed by atoms with E-state index in [2.05, 4.69) is 9.71 Å². The highest BCUT2D eigenvalue weighted by Gasteiger charge is 2.23. The van der Waals surface area contributed by atoms with E-state index < -0.39 is 15.8 Å². The van der Waals surface area contributed by atoms with Crippen LogP contribution >= 0.6 is 11.6 Å². The van der Waals surface area contributed by atoms with E-state index in [9.17, 15) is 12.8 Å². The number of ether oxygens (including phenoxy) is 1. The maximum absolute atomic E-state index is 13.6. The molecule has 0 aliphatic carbocycles. The fourth-order valence-electron chi connectivity index (χ4n) is 1.48. The number of halogens is 2. The summed E-state index contributed by atoms with van der Waals surface area (Å²) in [6.07, 6.45) is 1.25. The number of rotatable bonds is 4. The first-order chi connectivity index (χ1) is 9.35. The molecule has 0 aliphatic rings. The van der Waals surface area contributed by atoms with E-state index in [1.165, 1.54) is 30.1 Å². The van der Waals surface area contributed by atoms with Gasteiger partial charge in [-0.05, 0) is 12.1 Å². The van der Waals surface area contributed by atoms with Crippen molar-refractivity contribution in [3.8, 4) is 5.75 Å². The molecule has 6 nitrogen and oxygen atoms in total. The third-order valence-corrected chi connectivity index (χ3v) is 4.36. The third kappa shape index (κ3) is 2.70. The molecule has 20 heavy (non-hydrogen) atoms. The quantitative estimate of drug-likeness (QED) is 0.935. The number of nitrogens with zero attached hydrogens (tertiary/aromatic N) is 2. The standard InChI is InChI=1S/C11H11ClFN3O3S/c1-16-6-14-11(10(16)12)20(17,18)15-9-5-7(19-2)3-4-8(9)13/h3-6,15H,1-2H3. The number of benzene rings is 1. The summed E-state index contributed by atoms with van der Waals surface area (Å²) in [5.74, 6) is -0.419.